The van der Waals surface area contributed by atoms with Crippen LogP contribution in [-0.4, -0.2) is 14.6 Å². The highest BCUT2D eigenvalue weighted by atomic mass is 35.6. The molecule has 0 heterocycles. The molecular weight excluding hydrogens is 341 g/mol. The third-order valence-electron chi connectivity index (χ3n) is 3.10. The Balaban J connectivity index is 2.33. The Morgan fingerprint density at radius 3 is 1.95 bits per heavy atom. The van der Waals surface area contributed by atoms with E-state index in [1.807, 2.05) is 60.7 Å². The van der Waals surface area contributed by atoms with Crippen LogP contribution in [0.5, 0.6) is 0 Å². The van der Waals surface area contributed by atoms with Crippen LogP contribution in [0.15, 0.2) is 67.2 Å². The zero-order valence-electron chi connectivity index (χ0n) is 11.7. The number of rotatable bonds is 4. The van der Waals surface area contributed by atoms with E-state index in [9.17, 15) is 4.79 Å². The van der Waals surface area contributed by atoms with Gasteiger partial charge in [0, 0.05) is 5.70 Å². The van der Waals surface area contributed by atoms with Gasteiger partial charge in [0.15, 0.2) is 0 Å². The number of halogens is 3. The van der Waals surface area contributed by atoms with Crippen molar-refractivity contribution in [1.29, 1.82) is 0 Å². The first-order valence-corrected chi connectivity index (χ1v) is 7.70. The molecule has 2 aromatic carbocycles. The van der Waals surface area contributed by atoms with Gasteiger partial charge in [0.2, 0.25) is 0 Å². The lowest BCUT2D eigenvalue weighted by molar-refractivity contribution is -0.127. The molecule has 0 aliphatic heterocycles. The van der Waals surface area contributed by atoms with Gasteiger partial charge in [-0.2, -0.15) is 0 Å². The third-order valence-corrected chi connectivity index (χ3v) is 3.59. The fourth-order valence-electron chi connectivity index (χ4n) is 2.00. The smallest absolute Gasteiger partial charge is 0.279 e. The quantitative estimate of drug-likeness (QED) is 0.703. The minimum Gasteiger partial charge on any atom is -0.304 e. The maximum Gasteiger partial charge on any atom is 0.279 e. The Hall–Kier alpha value is -1.48. The van der Waals surface area contributed by atoms with Gasteiger partial charge in [-0.1, -0.05) is 102 Å². The first kappa shape index (κ1) is 16.9. The molecule has 0 N–H and O–H groups in total. The zero-order chi connectivity index (χ0) is 16.2. The van der Waals surface area contributed by atoms with Gasteiger partial charge in [-0.25, -0.2) is 0 Å². The summed E-state index contributed by atoms with van der Waals surface area (Å²) < 4.78 is -2.04. The van der Waals surface area contributed by atoms with Gasteiger partial charge in [-0.3, -0.25) is 4.79 Å². The molecule has 22 heavy (non-hydrogen) atoms. The number of carbonyl (C=O) groups excluding carboxylic acids is 1. The normalized spacial score (nSPS) is 11.0. The topological polar surface area (TPSA) is 20.3 Å². The van der Waals surface area contributed by atoms with E-state index in [2.05, 4.69) is 6.58 Å². The van der Waals surface area contributed by atoms with Crippen LogP contribution in [0.3, 0.4) is 0 Å². The van der Waals surface area contributed by atoms with Crippen molar-refractivity contribution in [2.24, 2.45) is 0 Å². The van der Waals surface area contributed by atoms with Gasteiger partial charge in [0.1, 0.15) is 0 Å². The van der Waals surface area contributed by atoms with Crippen molar-refractivity contribution in [2.75, 3.05) is 0 Å². The Labute approximate surface area is 144 Å². The van der Waals surface area contributed by atoms with Crippen LogP contribution in [0.4, 0.5) is 0 Å². The van der Waals surface area contributed by atoms with E-state index in [-0.39, 0.29) is 6.54 Å². The predicted octanol–water partition coefficient (Wildman–Crippen LogP) is 5.06. The molecule has 114 valence electrons. The second kappa shape index (κ2) is 7.19. The fraction of sp³-hybridized carbons (Fsp3) is 0.118. The largest absolute Gasteiger partial charge is 0.304 e. The first-order chi connectivity index (χ1) is 10.4. The van der Waals surface area contributed by atoms with E-state index in [1.165, 1.54) is 4.90 Å². The van der Waals surface area contributed by atoms with Crippen LogP contribution in [0.2, 0.25) is 0 Å². The van der Waals surface area contributed by atoms with Crippen molar-refractivity contribution in [3.8, 4) is 0 Å². The third kappa shape index (κ3) is 4.26. The number of nitrogens with zero attached hydrogens (tertiary/aromatic N) is 1. The maximum atomic E-state index is 12.5. The van der Waals surface area contributed by atoms with Crippen molar-refractivity contribution >= 4 is 46.4 Å². The summed E-state index contributed by atoms with van der Waals surface area (Å²) in [6, 6.07) is 18.8. The molecule has 5 heteroatoms. The van der Waals surface area contributed by atoms with Gasteiger partial charge in [-0.15, -0.1) is 0 Å². The molecule has 0 unspecified atom stereocenters. The highest BCUT2D eigenvalue weighted by Crippen LogP contribution is 2.32. The summed E-state index contributed by atoms with van der Waals surface area (Å²) in [5, 5.41) is 0. The molecule has 0 bridgehead atoms. The number of hydrogen-bond donors (Lipinski definition) is 0. The molecule has 2 aromatic rings. The molecule has 0 saturated heterocycles. The molecule has 0 aromatic heterocycles. The summed E-state index contributed by atoms with van der Waals surface area (Å²) in [5.74, 6) is -0.629. The SMILES string of the molecule is C=C(c1ccccc1)N(Cc1ccccc1)C(=O)C(Cl)(Cl)Cl. The molecule has 0 atom stereocenters. The lowest BCUT2D eigenvalue weighted by Gasteiger charge is -2.28. The molecule has 0 saturated carbocycles. The summed E-state index contributed by atoms with van der Waals surface area (Å²) >= 11 is 17.3. The summed E-state index contributed by atoms with van der Waals surface area (Å²) in [5.41, 5.74) is 2.20. The van der Waals surface area contributed by atoms with Crippen LogP contribution in [0, 0.1) is 0 Å². The van der Waals surface area contributed by atoms with E-state index in [4.69, 9.17) is 34.8 Å². The summed E-state index contributed by atoms with van der Waals surface area (Å²) in [7, 11) is 0. The van der Waals surface area contributed by atoms with E-state index >= 15 is 0 Å². The minimum absolute atomic E-state index is 0.279. The van der Waals surface area contributed by atoms with E-state index < -0.39 is 9.70 Å². The number of benzene rings is 2. The van der Waals surface area contributed by atoms with Crippen LogP contribution < -0.4 is 0 Å². The van der Waals surface area contributed by atoms with E-state index in [0.29, 0.717) is 5.70 Å². The fourth-order valence-corrected chi connectivity index (χ4v) is 2.30. The zero-order valence-corrected chi connectivity index (χ0v) is 13.9. The molecule has 0 fully saturated rings. The van der Waals surface area contributed by atoms with Crippen LogP contribution >= 0.6 is 34.8 Å². The molecule has 0 radical (unpaired) electrons. The highest BCUT2D eigenvalue weighted by Gasteiger charge is 2.36. The molecule has 2 rings (SSSR count). The lowest BCUT2D eigenvalue weighted by Crippen LogP contribution is -2.37. The Morgan fingerprint density at radius 2 is 1.45 bits per heavy atom. The summed E-state index contributed by atoms with van der Waals surface area (Å²) in [6.07, 6.45) is 0. The molecule has 0 aliphatic rings. The number of amides is 1. The van der Waals surface area contributed by atoms with Crippen molar-refractivity contribution in [3.05, 3.63) is 78.4 Å². The standard InChI is InChI=1S/C17H14Cl3NO/c1-13(15-10-6-3-7-11-15)21(16(22)17(18,19)20)12-14-8-4-2-5-9-14/h2-11H,1,12H2. The minimum atomic E-state index is -2.04. The van der Waals surface area contributed by atoms with Crippen LogP contribution in [0.1, 0.15) is 11.1 Å². The Morgan fingerprint density at radius 1 is 0.955 bits per heavy atom. The van der Waals surface area contributed by atoms with Crippen molar-refractivity contribution < 1.29 is 4.79 Å². The lowest BCUT2D eigenvalue weighted by atomic mass is 10.1. The van der Waals surface area contributed by atoms with Crippen molar-refractivity contribution in [1.82, 2.24) is 4.90 Å². The number of hydrogen-bond acceptors (Lipinski definition) is 1. The summed E-state index contributed by atoms with van der Waals surface area (Å²) in [4.78, 5) is 13.8. The van der Waals surface area contributed by atoms with Gasteiger partial charge >= 0.3 is 0 Å². The first-order valence-electron chi connectivity index (χ1n) is 6.56. The number of alkyl halides is 3. The van der Waals surface area contributed by atoms with E-state index in [0.717, 1.165) is 11.1 Å². The van der Waals surface area contributed by atoms with Crippen LogP contribution in [0.25, 0.3) is 5.70 Å². The number of carbonyl (C=O) groups is 1. The molecule has 2 nitrogen and oxygen atoms in total. The average Bonchev–Trinajstić information content (AvgIpc) is 2.52. The van der Waals surface area contributed by atoms with Crippen molar-refractivity contribution in [3.63, 3.8) is 0 Å². The van der Waals surface area contributed by atoms with Gasteiger partial charge in [0.25, 0.3) is 9.70 Å². The Kier molecular flexibility index (Phi) is 5.52. The highest BCUT2D eigenvalue weighted by molar-refractivity contribution is 6.76. The Bertz CT molecular complexity index is 651. The predicted molar refractivity (Wildman–Crippen MR) is 92.8 cm³/mol. The second-order valence-corrected chi connectivity index (χ2v) is 6.97. The summed E-state index contributed by atoms with van der Waals surface area (Å²) in [6.45, 7) is 4.26. The molecule has 0 aliphatic carbocycles. The molecule has 1 amide bonds. The van der Waals surface area contributed by atoms with Gasteiger partial charge in [0.05, 0.1) is 6.54 Å². The van der Waals surface area contributed by atoms with Gasteiger partial charge in [-0.05, 0) is 11.1 Å². The molecule has 0 spiro atoms. The monoisotopic (exact) mass is 353 g/mol. The van der Waals surface area contributed by atoms with E-state index in [1.54, 1.807) is 0 Å². The molecular formula is C17H14Cl3NO. The van der Waals surface area contributed by atoms with Crippen LogP contribution in [-0.2, 0) is 11.3 Å². The van der Waals surface area contributed by atoms with Gasteiger partial charge < -0.3 is 4.90 Å². The maximum absolute atomic E-state index is 12.5. The average molecular weight is 355 g/mol. The second-order valence-electron chi connectivity index (χ2n) is 4.69. The van der Waals surface area contributed by atoms with Crippen molar-refractivity contribution in [2.45, 2.75) is 10.3 Å².